The quantitative estimate of drug-likeness (QED) is 0.0261. The third kappa shape index (κ3) is 62.0. The lowest BCUT2D eigenvalue weighted by Gasteiger charge is -2.18. The minimum absolute atomic E-state index is 0.0699. The number of carbonyl (C=O) groups excluding carboxylic acids is 3. The fourth-order valence-corrected chi connectivity index (χ4v) is 9.83. The smallest absolute Gasteiger partial charge is 0.306 e. The molecule has 0 N–H and O–H groups in total. The average Bonchev–Trinajstić information content (AvgIpc) is 3.42. The Balaban J connectivity index is 4.02. The monoisotopic (exact) mass is 1060 g/mol. The molecule has 0 aliphatic carbocycles. The number of rotatable bonds is 61. The molecule has 0 fully saturated rings. The van der Waals surface area contributed by atoms with E-state index in [0.29, 0.717) is 19.3 Å². The molecule has 0 aromatic rings. The van der Waals surface area contributed by atoms with Crippen LogP contribution in [0.5, 0.6) is 0 Å². The Bertz CT molecular complexity index is 1360. The molecule has 0 radical (unpaired) electrons. The summed E-state index contributed by atoms with van der Waals surface area (Å²) in [4.78, 5) is 38.1. The van der Waals surface area contributed by atoms with Gasteiger partial charge in [0.1, 0.15) is 13.2 Å². The molecule has 6 nitrogen and oxygen atoms in total. The first kappa shape index (κ1) is 73.1. The number of hydrogen-bond acceptors (Lipinski definition) is 6. The molecule has 0 saturated heterocycles. The van der Waals surface area contributed by atoms with Gasteiger partial charge < -0.3 is 14.2 Å². The maximum atomic E-state index is 12.9. The van der Waals surface area contributed by atoms with E-state index in [-0.39, 0.29) is 31.1 Å². The van der Waals surface area contributed by atoms with Crippen LogP contribution >= 0.6 is 0 Å². The minimum Gasteiger partial charge on any atom is -0.462 e. The summed E-state index contributed by atoms with van der Waals surface area (Å²) in [5, 5.41) is 0. The Morgan fingerprint density at radius 3 is 0.803 bits per heavy atom. The largest absolute Gasteiger partial charge is 0.462 e. The van der Waals surface area contributed by atoms with Crippen LogP contribution in [0.3, 0.4) is 0 Å². The normalized spacial score (nSPS) is 12.4. The first-order valence-corrected chi connectivity index (χ1v) is 33.3. The van der Waals surface area contributed by atoms with E-state index in [4.69, 9.17) is 14.2 Å². The summed E-state index contributed by atoms with van der Waals surface area (Å²) < 4.78 is 16.8. The molecule has 0 spiro atoms. The van der Waals surface area contributed by atoms with Crippen LogP contribution in [-0.4, -0.2) is 37.2 Å². The van der Waals surface area contributed by atoms with Crippen molar-refractivity contribution in [2.24, 2.45) is 0 Å². The number of ether oxygens (including phenoxy) is 3. The highest BCUT2D eigenvalue weighted by Gasteiger charge is 2.19. The summed E-state index contributed by atoms with van der Waals surface area (Å²) in [5.41, 5.74) is 0. The summed E-state index contributed by atoms with van der Waals surface area (Å²) in [5.74, 6) is -0.860. The van der Waals surface area contributed by atoms with Crippen molar-refractivity contribution >= 4 is 17.9 Å². The molecule has 76 heavy (non-hydrogen) atoms. The first-order valence-electron chi connectivity index (χ1n) is 33.3. The van der Waals surface area contributed by atoms with Gasteiger partial charge in [-0.15, -0.1) is 0 Å². The molecule has 1 unspecified atom stereocenters. The van der Waals surface area contributed by atoms with Gasteiger partial charge in [-0.25, -0.2) is 0 Å². The number of carbonyl (C=O) groups is 3. The van der Waals surface area contributed by atoms with Crippen LogP contribution in [0.25, 0.3) is 0 Å². The van der Waals surface area contributed by atoms with Crippen molar-refractivity contribution < 1.29 is 28.6 Å². The first-order chi connectivity index (χ1) is 37.5. The van der Waals surface area contributed by atoms with Crippen LogP contribution in [0.15, 0.2) is 60.8 Å². The second-order valence-electron chi connectivity index (χ2n) is 22.4. The van der Waals surface area contributed by atoms with Crippen molar-refractivity contribution in [1.82, 2.24) is 0 Å². The fraction of sp³-hybridized carbons (Fsp3) is 0.814. The molecule has 1 atom stereocenters. The fourth-order valence-electron chi connectivity index (χ4n) is 9.83. The molecule has 0 saturated carbocycles. The van der Waals surface area contributed by atoms with E-state index >= 15 is 0 Å². The Labute approximate surface area is 472 Å². The Morgan fingerprint density at radius 2 is 0.513 bits per heavy atom. The van der Waals surface area contributed by atoms with Crippen LogP contribution < -0.4 is 0 Å². The van der Waals surface area contributed by atoms with Crippen LogP contribution in [0.4, 0.5) is 0 Å². The standard InChI is InChI=1S/C70H126O6/c1-4-7-10-13-16-18-20-22-24-26-28-30-32-33-34-35-36-37-39-40-42-44-46-48-50-52-54-57-60-63-69(72)75-66-67(65-74-68(71)62-59-56-15-12-9-6-3)76-70(73)64-61-58-55-53-51-49-47-45-43-41-38-31-29-27-25-23-21-19-17-14-11-8-5-2/h7,10,16,18,22,24,28,30,33-34,67H,4-6,8-9,11-15,17,19-21,23,25-27,29,31-32,35-66H2,1-3H3/b10-7-,18-16-,24-22-,30-28-,34-33-. The van der Waals surface area contributed by atoms with Gasteiger partial charge in [0.25, 0.3) is 0 Å². The van der Waals surface area contributed by atoms with E-state index in [2.05, 4.69) is 81.5 Å². The van der Waals surface area contributed by atoms with Crippen molar-refractivity contribution in [2.75, 3.05) is 13.2 Å². The van der Waals surface area contributed by atoms with Crippen molar-refractivity contribution in [3.8, 4) is 0 Å². The van der Waals surface area contributed by atoms with Gasteiger partial charge in [-0.05, 0) is 64.2 Å². The summed E-state index contributed by atoms with van der Waals surface area (Å²) in [7, 11) is 0. The predicted octanol–water partition coefficient (Wildman–Crippen LogP) is 22.7. The molecule has 0 aromatic heterocycles. The maximum Gasteiger partial charge on any atom is 0.306 e. The van der Waals surface area contributed by atoms with Crippen molar-refractivity contribution in [2.45, 2.75) is 354 Å². The Hall–Kier alpha value is -2.89. The highest BCUT2D eigenvalue weighted by molar-refractivity contribution is 5.71. The molecule has 0 bridgehead atoms. The van der Waals surface area contributed by atoms with E-state index in [0.717, 1.165) is 89.9 Å². The minimum atomic E-state index is -0.769. The van der Waals surface area contributed by atoms with Crippen LogP contribution in [-0.2, 0) is 28.6 Å². The van der Waals surface area contributed by atoms with Gasteiger partial charge in [-0.3, -0.25) is 14.4 Å². The molecule has 0 heterocycles. The third-order valence-corrected chi connectivity index (χ3v) is 14.8. The topological polar surface area (TPSA) is 78.9 Å². The Morgan fingerprint density at radius 1 is 0.276 bits per heavy atom. The van der Waals surface area contributed by atoms with Crippen LogP contribution in [0.2, 0.25) is 0 Å². The number of esters is 3. The van der Waals surface area contributed by atoms with Gasteiger partial charge in [-0.2, -0.15) is 0 Å². The lowest BCUT2D eigenvalue weighted by atomic mass is 10.0. The van der Waals surface area contributed by atoms with Crippen molar-refractivity contribution in [1.29, 1.82) is 0 Å². The van der Waals surface area contributed by atoms with Crippen LogP contribution in [0.1, 0.15) is 348 Å². The van der Waals surface area contributed by atoms with Gasteiger partial charge in [0, 0.05) is 19.3 Å². The lowest BCUT2D eigenvalue weighted by molar-refractivity contribution is -0.167. The van der Waals surface area contributed by atoms with Gasteiger partial charge in [-0.1, -0.05) is 326 Å². The second-order valence-corrected chi connectivity index (χ2v) is 22.4. The molecule has 442 valence electrons. The van der Waals surface area contributed by atoms with E-state index < -0.39 is 6.10 Å². The number of allylic oxidation sites excluding steroid dienone is 10. The second kappa shape index (κ2) is 64.6. The summed E-state index contributed by atoms with van der Waals surface area (Å²) >= 11 is 0. The van der Waals surface area contributed by atoms with E-state index in [1.54, 1.807) is 0 Å². The van der Waals surface area contributed by atoms with Crippen LogP contribution in [0, 0.1) is 0 Å². The van der Waals surface area contributed by atoms with Gasteiger partial charge in [0.2, 0.25) is 0 Å². The summed E-state index contributed by atoms with van der Waals surface area (Å²) in [6.45, 7) is 6.52. The van der Waals surface area contributed by atoms with E-state index in [9.17, 15) is 14.4 Å². The Kier molecular flexibility index (Phi) is 62.2. The SMILES string of the molecule is CC/C=C\C/C=C\C/C=C\C/C=C\C/C=C\CCCCCCCCCCCCCCCC(=O)OCC(COC(=O)CCCCCCCC)OC(=O)CCCCCCCCCCCCCCCCCCCCCCCCC. The predicted molar refractivity (Wildman–Crippen MR) is 330 cm³/mol. The molecule has 0 rings (SSSR count). The van der Waals surface area contributed by atoms with E-state index in [1.165, 1.54) is 218 Å². The van der Waals surface area contributed by atoms with E-state index in [1.807, 2.05) is 0 Å². The van der Waals surface area contributed by atoms with Gasteiger partial charge >= 0.3 is 17.9 Å². The number of unbranched alkanes of at least 4 members (excludes halogenated alkanes) is 40. The highest BCUT2D eigenvalue weighted by atomic mass is 16.6. The summed E-state index contributed by atoms with van der Waals surface area (Å²) in [6.07, 6.45) is 82.8. The summed E-state index contributed by atoms with van der Waals surface area (Å²) in [6, 6.07) is 0. The zero-order chi connectivity index (χ0) is 55.0. The molecule has 0 aliphatic rings. The molecule has 0 amide bonds. The van der Waals surface area contributed by atoms with Crippen molar-refractivity contribution in [3.05, 3.63) is 60.8 Å². The van der Waals surface area contributed by atoms with Crippen molar-refractivity contribution in [3.63, 3.8) is 0 Å². The molecule has 6 heteroatoms. The zero-order valence-corrected chi connectivity index (χ0v) is 50.8. The molecule has 0 aliphatic heterocycles. The highest BCUT2D eigenvalue weighted by Crippen LogP contribution is 2.18. The average molecular weight is 1060 g/mol. The lowest BCUT2D eigenvalue weighted by Crippen LogP contribution is -2.30. The zero-order valence-electron chi connectivity index (χ0n) is 50.8. The van der Waals surface area contributed by atoms with Gasteiger partial charge in [0.05, 0.1) is 0 Å². The molecular weight excluding hydrogens is 937 g/mol. The third-order valence-electron chi connectivity index (χ3n) is 14.8. The maximum absolute atomic E-state index is 12.9. The molecular formula is C70H126O6. The molecule has 0 aromatic carbocycles. The number of hydrogen-bond donors (Lipinski definition) is 0. The van der Waals surface area contributed by atoms with Gasteiger partial charge in [0.15, 0.2) is 6.10 Å².